The van der Waals surface area contributed by atoms with Crippen LogP contribution >= 0.6 is 0 Å². The second-order valence-electron chi connectivity index (χ2n) is 5.14. The molecule has 1 N–H and O–H groups in total. The summed E-state index contributed by atoms with van der Waals surface area (Å²) in [6, 6.07) is 14.5. The molecule has 0 saturated heterocycles. The molecule has 0 fully saturated rings. The van der Waals surface area contributed by atoms with E-state index in [1.807, 2.05) is 24.4 Å². The van der Waals surface area contributed by atoms with Crippen molar-refractivity contribution in [3.63, 3.8) is 0 Å². The van der Waals surface area contributed by atoms with Crippen molar-refractivity contribution in [2.45, 2.75) is 26.3 Å². The molecule has 2 aromatic heterocycles. The minimum Gasteiger partial charge on any atom is -0.465 e. The number of aryl methyl sites for hydroxylation is 1. The van der Waals surface area contributed by atoms with Gasteiger partial charge in [0, 0.05) is 18.0 Å². The number of nitrogens with one attached hydrogen (secondary N) is 1. The van der Waals surface area contributed by atoms with Gasteiger partial charge in [-0.25, -0.2) is 0 Å². The fourth-order valence-corrected chi connectivity index (χ4v) is 2.51. The van der Waals surface area contributed by atoms with Gasteiger partial charge in [0.05, 0.1) is 12.1 Å². The maximum Gasteiger partial charge on any atom is 0.117 e. The van der Waals surface area contributed by atoms with Crippen LogP contribution in [0.3, 0.4) is 0 Å². The Morgan fingerprint density at radius 1 is 1.05 bits per heavy atom. The molecular formula is C18H20N2O. The summed E-state index contributed by atoms with van der Waals surface area (Å²) < 4.78 is 5.68. The summed E-state index contributed by atoms with van der Waals surface area (Å²) in [5.74, 6) is 2.05. The van der Waals surface area contributed by atoms with E-state index in [0.29, 0.717) is 0 Å². The number of nitrogens with zero attached hydrogens (tertiary/aromatic N) is 1. The van der Waals surface area contributed by atoms with E-state index < -0.39 is 0 Å². The third-order valence-corrected chi connectivity index (χ3v) is 3.65. The average Bonchev–Trinajstić information content (AvgIpc) is 3.00. The Hall–Kier alpha value is -2.13. The Morgan fingerprint density at radius 3 is 2.76 bits per heavy atom. The predicted octanol–water partition coefficient (Wildman–Crippen LogP) is 3.72. The van der Waals surface area contributed by atoms with Gasteiger partial charge < -0.3 is 9.73 Å². The highest BCUT2D eigenvalue weighted by Crippen LogP contribution is 2.16. The molecule has 0 saturated carbocycles. The summed E-state index contributed by atoms with van der Waals surface area (Å²) in [4.78, 5) is 4.49. The molecule has 21 heavy (non-hydrogen) atoms. The average molecular weight is 280 g/mol. The quantitative estimate of drug-likeness (QED) is 0.699. The molecule has 0 amide bonds. The van der Waals surface area contributed by atoms with Crippen LogP contribution in [0.5, 0.6) is 0 Å². The fraction of sp³-hybridized carbons (Fsp3) is 0.278. The van der Waals surface area contributed by atoms with E-state index in [1.165, 1.54) is 10.9 Å². The fourth-order valence-electron chi connectivity index (χ4n) is 2.51. The molecule has 0 aliphatic rings. The van der Waals surface area contributed by atoms with E-state index in [-0.39, 0.29) is 0 Å². The molecule has 1 aromatic carbocycles. The molecule has 3 nitrogen and oxygen atoms in total. The molecule has 3 aromatic rings. The standard InChI is InChI=1S/C18H20N2O/c1-2-16-8-9-17(21-16)13-19-12-10-15-6-3-5-14-7-4-11-20-18(14)15/h3-9,11,19H,2,10,12-13H2,1H3. The number of aromatic nitrogens is 1. The molecule has 0 bridgehead atoms. The second-order valence-corrected chi connectivity index (χ2v) is 5.14. The summed E-state index contributed by atoms with van der Waals surface area (Å²) >= 11 is 0. The topological polar surface area (TPSA) is 38.1 Å². The maximum atomic E-state index is 5.68. The van der Waals surface area contributed by atoms with E-state index in [0.717, 1.165) is 43.0 Å². The third kappa shape index (κ3) is 3.31. The van der Waals surface area contributed by atoms with Crippen LogP contribution in [0, 0.1) is 0 Å². The van der Waals surface area contributed by atoms with Crippen molar-refractivity contribution in [1.82, 2.24) is 10.3 Å². The third-order valence-electron chi connectivity index (χ3n) is 3.65. The molecule has 2 heterocycles. The van der Waals surface area contributed by atoms with E-state index in [4.69, 9.17) is 4.42 Å². The first-order valence-electron chi connectivity index (χ1n) is 7.47. The zero-order valence-electron chi connectivity index (χ0n) is 12.3. The first-order valence-corrected chi connectivity index (χ1v) is 7.47. The normalized spacial score (nSPS) is 11.1. The molecule has 108 valence electrons. The molecule has 0 radical (unpaired) electrons. The van der Waals surface area contributed by atoms with Gasteiger partial charge in [0.1, 0.15) is 11.5 Å². The number of fused-ring (bicyclic) bond motifs is 1. The lowest BCUT2D eigenvalue weighted by Gasteiger charge is -2.06. The number of pyridine rings is 1. The first-order chi connectivity index (χ1) is 10.4. The van der Waals surface area contributed by atoms with Crippen LogP contribution in [-0.4, -0.2) is 11.5 Å². The Kier molecular flexibility index (Phi) is 4.31. The van der Waals surface area contributed by atoms with Gasteiger partial charge >= 0.3 is 0 Å². The lowest BCUT2D eigenvalue weighted by Crippen LogP contribution is -2.16. The minimum absolute atomic E-state index is 0.776. The van der Waals surface area contributed by atoms with Gasteiger partial charge in [0.25, 0.3) is 0 Å². The Morgan fingerprint density at radius 2 is 1.90 bits per heavy atom. The summed E-state index contributed by atoms with van der Waals surface area (Å²) in [6.45, 7) is 3.79. The van der Waals surface area contributed by atoms with Crippen molar-refractivity contribution in [3.8, 4) is 0 Å². The van der Waals surface area contributed by atoms with Crippen molar-refractivity contribution in [1.29, 1.82) is 0 Å². The largest absolute Gasteiger partial charge is 0.465 e. The number of para-hydroxylation sites is 1. The van der Waals surface area contributed by atoms with Crippen molar-refractivity contribution in [2.24, 2.45) is 0 Å². The van der Waals surface area contributed by atoms with E-state index in [9.17, 15) is 0 Å². The highest BCUT2D eigenvalue weighted by molar-refractivity contribution is 5.81. The Labute approximate surface area is 125 Å². The highest BCUT2D eigenvalue weighted by atomic mass is 16.3. The van der Waals surface area contributed by atoms with Crippen LogP contribution in [0.25, 0.3) is 10.9 Å². The predicted molar refractivity (Wildman–Crippen MR) is 85.2 cm³/mol. The van der Waals surface area contributed by atoms with Crippen molar-refractivity contribution < 1.29 is 4.42 Å². The zero-order chi connectivity index (χ0) is 14.5. The molecule has 0 unspecified atom stereocenters. The smallest absolute Gasteiger partial charge is 0.117 e. The van der Waals surface area contributed by atoms with Crippen molar-refractivity contribution in [3.05, 3.63) is 65.7 Å². The zero-order valence-corrected chi connectivity index (χ0v) is 12.3. The van der Waals surface area contributed by atoms with Gasteiger partial charge in [-0.05, 0) is 36.7 Å². The summed E-state index contributed by atoms with van der Waals surface area (Å²) in [6.07, 6.45) is 3.77. The van der Waals surface area contributed by atoms with Gasteiger partial charge in [-0.1, -0.05) is 31.2 Å². The Bertz CT molecular complexity index is 713. The van der Waals surface area contributed by atoms with Crippen LogP contribution in [-0.2, 0) is 19.4 Å². The molecule has 0 spiro atoms. The number of hydrogen-bond donors (Lipinski definition) is 1. The van der Waals surface area contributed by atoms with Gasteiger partial charge in [0.15, 0.2) is 0 Å². The highest BCUT2D eigenvalue weighted by Gasteiger charge is 2.03. The van der Waals surface area contributed by atoms with Crippen LogP contribution in [0.2, 0.25) is 0 Å². The molecular weight excluding hydrogens is 260 g/mol. The molecule has 0 atom stereocenters. The van der Waals surface area contributed by atoms with Crippen LogP contribution in [0.4, 0.5) is 0 Å². The minimum atomic E-state index is 0.776. The molecule has 0 aliphatic carbocycles. The molecule has 0 aliphatic heterocycles. The van der Waals surface area contributed by atoms with E-state index in [1.54, 1.807) is 0 Å². The molecule has 3 heteroatoms. The number of benzene rings is 1. The second kappa shape index (κ2) is 6.55. The number of hydrogen-bond acceptors (Lipinski definition) is 3. The summed E-state index contributed by atoms with van der Waals surface area (Å²) in [7, 11) is 0. The van der Waals surface area contributed by atoms with E-state index in [2.05, 4.69) is 41.5 Å². The van der Waals surface area contributed by atoms with E-state index >= 15 is 0 Å². The summed E-state index contributed by atoms with van der Waals surface area (Å²) in [5.41, 5.74) is 2.39. The lowest BCUT2D eigenvalue weighted by atomic mass is 10.1. The lowest BCUT2D eigenvalue weighted by molar-refractivity contribution is 0.451. The molecule has 3 rings (SSSR count). The van der Waals surface area contributed by atoms with Crippen LogP contribution in [0.1, 0.15) is 24.0 Å². The van der Waals surface area contributed by atoms with Crippen LogP contribution < -0.4 is 5.32 Å². The monoisotopic (exact) mass is 280 g/mol. The van der Waals surface area contributed by atoms with Gasteiger partial charge in [0.2, 0.25) is 0 Å². The summed E-state index contributed by atoms with van der Waals surface area (Å²) in [5, 5.41) is 4.63. The van der Waals surface area contributed by atoms with Crippen molar-refractivity contribution >= 4 is 10.9 Å². The van der Waals surface area contributed by atoms with Crippen LogP contribution in [0.15, 0.2) is 53.1 Å². The maximum absolute atomic E-state index is 5.68. The van der Waals surface area contributed by atoms with Crippen molar-refractivity contribution in [2.75, 3.05) is 6.54 Å². The number of furan rings is 1. The number of rotatable bonds is 6. The van der Waals surface area contributed by atoms with Gasteiger partial charge in [-0.15, -0.1) is 0 Å². The SMILES string of the molecule is CCc1ccc(CNCCc2cccc3cccnc23)o1. The Balaban J connectivity index is 1.57. The van der Waals surface area contributed by atoms with Gasteiger partial charge in [-0.3, -0.25) is 4.98 Å². The van der Waals surface area contributed by atoms with Gasteiger partial charge in [-0.2, -0.15) is 0 Å². The first kappa shape index (κ1) is 13.8.